The molecule has 2 rings (SSSR count). The number of rotatable bonds is 2. The first kappa shape index (κ1) is 15.6. The van der Waals surface area contributed by atoms with Gasteiger partial charge in [0.15, 0.2) is 0 Å². The van der Waals surface area contributed by atoms with Crippen LogP contribution < -0.4 is 0 Å². The van der Waals surface area contributed by atoms with Crippen molar-refractivity contribution < 1.29 is 18.1 Å². The quantitative estimate of drug-likeness (QED) is 0.530. The molecule has 0 aliphatic rings. The van der Waals surface area contributed by atoms with E-state index in [1.807, 2.05) is 0 Å². The first-order valence-corrected chi connectivity index (χ1v) is 6.27. The SMILES string of the molecule is O=[N+]([O-])c1ccc(-c2c(Cl)cccc2Cl)cc1C(F)(F)F. The van der Waals surface area contributed by atoms with Crippen LogP contribution >= 0.6 is 23.2 Å². The van der Waals surface area contributed by atoms with E-state index in [0.29, 0.717) is 6.07 Å². The molecule has 0 fully saturated rings. The number of nitro groups is 1. The maximum absolute atomic E-state index is 12.9. The fraction of sp³-hybridized carbons (Fsp3) is 0.0769. The lowest BCUT2D eigenvalue weighted by Crippen LogP contribution is -2.09. The van der Waals surface area contributed by atoms with Crippen molar-refractivity contribution in [1.29, 1.82) is 0 Å². The van der Waals surface area contributed by atoms with Gasteiger partial charge < -0.3 is 0 Å². The summed E-state index contributed by atoms with van der Waals surface area (Å²) in [4.78, 5) is 9.62. The van der Waals surface area contributed by atoms with Crippen LogP contribution in [0, 0.1) is 10.1 Å². The average molecular weight is 336 g/mol. The molecule has 0 heterocycles. The average Bonchev–Trinajstić information content (AvgIpc) is 2.37. The second-order valence-corrected chi connectivity index (χ2v) is 4.90. The highest BCUT2D eigenvalue weighted by atomic mass is 35.5. The van der Waals surface area contributed by atoms with Crippen LogP contribution in [0.4, 0.5) is 18.9 Å². The lowest BCUT2D eigenvalue weighted by atomic mass is 10.0. The topological polar surface area (TPSA) is 43.1 Å². The summed E-state index contributed by atoms with van der Waals surface area (Å²) in [7, 11) is 0. The highest BCUT2D eigenvalue weighted by Gasteiger charge is 2.38. The molecule has 2 aromatic rings. The third kappa shape index (κ3) is 3.11. The Hall–Kier alpha value is -1.79. The van der Waals surface area contributed by atoms with Crippen molar-refractivity contribution in [2.24, 2.45) is 0 Å². The summed E-state index contributed by atoms with van der Waals surface area (Å²) in [5.41, 5.74) is -2.11. The molecule has 0 amide bonds. The number of hydrogen-bond donors (Lipinski definition) is 0. The second kappa shape index (κ2) is 5.54. The van der Waals surface area contributed by atoms with Gasteiger partial charge in [-0.05, 0) is 29.8 Å². The van der Waals surface area contributed by atoms with Gasteiger partial charge in [0.05, 0.1) is 4.92 Å². The fourth-order valence-electron chi connectivity index (χ4n) is 1.85. The molecule has 21 heavy (non-hydrogen) atoms. The van der Waals surface area contributed by atoms with E-state index in [0.717, 1.165) is 6.07 Å². The summed E-state index contributed by atoms with van der Waals surface area (Å²) in [5.74, 6) is 0. The van der Waals surface area contributed by atoms with Gasteiger partial charge in [0.2, 0.25) is 0 Å². The Bertz CT molecular complexity index is 697. The molecular formula is C13H6Cl2F3NO2. The molecule has 0 aliphatic heterocycles. The Morgan fingerprint density at radius 2 is 1.62 bits per heavy atom. The number of hydrogen-bond acceptors (Lipinski definition) is 2. The van der Waals surface area contributed by atoms with Gasteiger partial charge in [0, 0.05) is 21.7 Å². The number of nitro benzene ring substituents is 1. The van der Waals surface area contributed by atoms with Crippen LogP contribution in [0.2, 0.25) is 10.0 Å². The smallest absolute Gasteiger partial charge is 0.258 e. The summed E-state index contributed by atoms with van der Waals surface area (Å²) in [6.45, 7) is 0. The number of halogens is 5. The standard InChI is InChI=1S/C13H6Cl2F3NO2/c14-9-2-1-3-10(15)12(9)7-4-5-11(19(20)21)8(6-7)13(16,17)18/h1-6H. The molecule has 0 saturated carbocycles. The minimum atomic E-state index is -4.86. The predicted octanol–water partition coefficient (Wildman–Crippen LogP) is 5.59. The monoisotopic (exact) mass is 335 g/mol. The van der Waals surface area contributed by atoms with Crippen LogP contribution in [0.1, 0.15) is 5.56 Å². The molecule has 8 heteroatoms. The van der Waals surface area contributed by atoms with E-state index in [4.69, 9.17) is 23.2 Å². The Morgan fingerprint density at radius 3 is 2.10 bits per heavy atom. The lowest BCUT2D eigenvalue weighted by molar-refractivity contribution is -0.388. The minimum Gasteiger partial charge on any atom is -0.258 e. The first-order valence-electron chi connectivity index (χ1n) is 5.52. The normalized spacial score (nSPS) is 11.5. The summed E-state index contributed by atoms with van der Waals surface area (Å²) < 4.78 is 38.8. The fourth-order valence-corrected chi connectivity index (χ4v) is 2.47. The van der Waals surface area contributed by atoms with Crippen molar-refractivity contribution in [1.82, 2.24) is 0 Å². The molecule has 2 aromatic carbocycles. The van der Waals surface area contributed by atoms with Crippen LogP contribution in [-0.4, -0.2) is 4.92 Å². The summed E-state index contributed by atoms with van der Waals surface area (Å²) in [6, 6.07) is 7.13. The molecule has 0 radical (unpaired) electrons. The van der Waals surface area contributed by atoms with Gasteiger partial charge in [0.25, 0.3) is 5.69 Å². The largest absolute Gasteiger partial charge is 0.423 e. The summed E-state index contributed by atoms with van der Waals surface area (Å²) in [6.07, 6.45) is -4.86. The van der Waals surface area contributed by atoms with E-state index in [9.17, 15) is 23.3 Å². The molecular weight excluding hydrogens is 330 g/mol. The van der Waals surface area contributed by atoms with E-state index in [2.05, 4.69) is 0 Å². The molecule has 110 valence electrons. The highest BCUT2D eigenvalue weighted by Crippen LogP contribution is 2.41. The molecule has 0 aliphatic carbocycles. The summed E-state index contributed by atoms with van der Waals surface area (Å²) >= 11 is 11.9. The van der Waals surface area contributed by atoms with Crippen molar-refractivity contribution in [2.45, 2.75) is 6.18 Å². The zero-order valence-electron chi connectivity index (χ0n) is 10.1. The van der Waals surface area contributed by atoms with Crippen molar-refractivity contribution in [3.63, 3.8) is 0 Å². The van der Waals surface area contributed by atoms with Crippen molar-refractivity contribution in [3.8, 4) is 11.1 Å². The van der Waals surface area contributed by atoms with Crippen molar-refractivity contribution in [2.75, 3.05) is 0 Å². The van der Waals surface area contributed by atoms with Gasteiger partial charge in [-0.15, -0.1) is 0 Å². The van der Waals surface area contributed by atoms with Gasteiger partial charge in [-0.3, -0.25) is 10.1 Å². The predicted molar refractivity (Wildman–Crippen MR) is 73.6 cm³/mol. The lowest BCUT2D eigenvalue weighted by Gasteiger charge is -2.11. The summed E-state index contributed by atoms with van der Waals surface area (Å²) in [5, 5.41) is 11.0. The maximum Gasteiger partial charge on any atom is 0.423 e. The van der Waals surface area contributed by atoms with Crippen LogP contribution in [0.15, 0.2) is 36.4 Å². The van der Waals surface area contributed by atoms with Gasteiger partial charge >= 0.3 is 6.18 Å². The van der Waals surface area contributed by atoms with Crippen LogP contribution in [-0.2, 0) is 6.18 Å². The van der Waals surface area contributed by atoms with Gasteiger partial charge in [-0.1, -0.05) is 29.3 Å². The molecule has 0 aromatic heterocycles. The number of nitrogens with zero attached hydrogens (tertiary/aromatic N) is 1. The van der Waals surface area contributed by atoms with E-state index in [1.165, 1.54) is 18.2 Å². The molecule has 0 N–H and O–H groups in total. The molecule has 0 saturated heterocycles. The Morgan fingerprint density at radius 1 is 1.05 bits per heavy atom. The highest BCUT2D eigenvalue weighted by molar-refractivity contribution is 6.39. The number of alkyl halides is 3. The molecule has 3 nitrogen and oxygen atoms in total. The Labute approximate surface area is 127 Å². The van der Waals surface area contributed by atoms with E-state index in [-0.39, 0.29) is 21.2 Å². The van der Waals surface area contributed by atoms with Crippen LogP contribution in [0.5, 0.6) is 0 Å². The van der Waals surface area contributed by atoms with Gasteiger partial charge in [0.1, 0.15) is 5.56 Å². The molecule has 0 bridgehead atoms. The Balaban J connectivity index is 2.71. The van der Waals surface area contributed by atoms with Gasteiger partial charge in [-0.25, -0.2) is 0 Å². The van der Waals surface area contributed by atoms with E-state index >= 15 is 0 Å². The zero-order chi connectivity index (χ0) is 15.8. The molecule has 0 spiro atoms. The molecule has 0 atom stereocenters. The van der Waals surface area contributed by atoms with Crippen molar-refractivity contribution >= 4 is 28.9 Å². The van der Waals surface area contributed by atoms with Crippen LogP contribution in [0.25, 0.3) is 11.1 Å². The third-order valence-corrected chi connectivity index (χ3v) is 3.38. The maximum atomic E-state index is 12.9. The van der Waals surface area contributed by atoms with Crippen molar-refractivity contribution in [3.05, 3.63) is 62.1 Å². The Kier molecular flexibility index (Phi) is 4.11. The number of benzene rings is 2. The third-order valence-electron chi connectivity index (χ3n) is 2.75. The minimum absolute atomic E-state index is 0.0588. The molecule has 0 unspecified atom stereocenters. The van der Waals surface area contributed by atoms with Gasteiger partial charge in [-0.2, -0.15) is 13.2 Å². The first-order chi connectivity index (χ1) is 9.71. The zero-order valence-corrected chi connectivity index (χ0v) is 11.6. The van der Waals surface area contributed by atoms with E-state index < -0.39 is 22.4 Å². The van der Waals surface area contributed by atoms with Crippen LogP contribution in [0.3, 0.4) is 0 Å². The van der Waals surface area contributed by atoms with E-state index in [1.54, 1.807) is 6.07 Å². The second-order valence-electron chi connectivity index (χ2n) is 4.08.